The van der Waals surface area contributed by atoms with E-state index < -0.39 is 74.2 Å². The summed E-state index contributed by atoms with van der Waals surface area (Å²) >= 11 is 0. The molecule has 11 heteroatoms. The maximum Gasteiger partial charge on any atom is 0.249 e. The summed E-state index contributed by atoms with van der Waals surface area (Å²) in [7, 11) is 0. The lowest BCUT2D eigenvalue weighted by Gasteiger charge is -2.40. The second-order valence-corrected chi connectivity index (χ2v) is 14.7. The van der Waals surface area contributed by atoms with Gasteiger partial charge in [-0.1, -0.05) is 142 Å². The molecule has 1 fully saturated rings. The van der Waals surface area contributed by atoms with Gasteiger partial charge in [-0.15, -0.1) is 0 Å². The van der Waals surface area contributed by atoms with E-state index in [9.17, 15) is 40.5 Å². The van der Waals surface area contributed by atoms with Crippen LogP contribution >= 0.6 is 0 Å². The first kappa shape index (κ1) is 47.9. The predicted molar refractivity (Wildman–Crippen MR) is 201 cm³/mol. The molecule has 0 aromatic heterocycles. The van der Waals surface area contributed by atoms with Crippen molar-refractivity contribution in [3.05, 3.63) is 12.2 Å². The summed E-state index contributed by atoms with van der Waals surface area (Å²) in [5.41, 5.74) is 0. The topological polar surface area (TPSA) is 189 Å². The van der Waals surface area contributed by atoms with Crippen LogP contribution in [-0.4, -0.2) is 110 Å². The van der Waals surface area contributed by atoms with Crippen LogP contribution in [0.2, 0.25) is 0 Å². The van der Waals surface area contributed by atoms with Crippen LogP contribution in [0.15, 0.2) is 12.2 Å². The normalized spacial score (nSPS) is 23.4. The van der Waals surface area contributed by atoms with Crippen LogP contribution < -0.4 is 5.32 Å². The number of hydrogen-bond donors (Lipinski definition) is 8. The van der Waals surface area contributed by atoms with Crippen molar-refractivity contribution in [1.82, 2.24) is 5.32 Å². The predicted octanol–water partition coefficient (Wildman–Crippen LogP) is 5.33. The highest BCUT2D eigenvalue weighted by Gasteiger charge is 2.44. The minimum absolute atomic E-state index is 0.253. The van der Waals surface area contributed by atoms with Crippen molar-refractivity contribution in [3.8, 4) is 0 Å². The highest BCUT2D eigenvalue weighted by molar-refractivity contribution is 5.80. The molecular formula is C40H77NO10. The van der Waals surface area contributed by atoms with Crippen LogP contribution in [0.1, 0.15) is 168 Å². The van der Waals surface area contributed by atoms with Crippen LogP contribution in [-0.2, 0) is 14.3 Å². The largest absolute Gasteiger partial charge is 0.394 e. The average Bonchev–Trinajstić information content (AvgIpc) is 3.13. The Morgan fingerprint density at radius 1 is 0.667 bits per heavy atom. The second-order valence-electron chi connectivity index (χ2n) is 14.7. The van der Waals surface area contributed by atoms with Crippen LogP contribution in [0.5, 0.6) is 0 Å². The first-order valence-corrected chi connectivity index (χ1v) is 20.6. The Balaban J connectivity index is 2.33. The molecule has 1 rings (SSSR count). The monoisotopic (exact) mass is 732 g/mol. The van der Waals surface area contributed by atoms with Crippen LogP contribution in [0.25, 0.3) is 0 Å². The molecule has 1 heterocycles. The van der Waals surface area contributed by atoms with Crippen molar-refractivity contribution in [2.24, 2.45) is 0 Å². The fourth-order valence-electron chi connectivity index (χ4n) is 6.55. The number of aliphatic hydroxyl groups is 7. The SMILES string of the molecule is CCCCCCCCCCCC/C=C\CCCCCCCCC(O)C(=O)NC(COC1OC(CO)C(O)C(O)C1O)C(O)C(O)CCCCCC. The Morgan fingerprint density at radius 3 is 1.67 bits per heavy atom. The van der Waals surface area contributed by atoms with E-state index in [1.165, 1.54) is 77.0 Å². The summed E-state index contributed by atoms with van der Waals surface area (Å²) in [6.45, 7) is 3.27. The van der Waals surface area contributed by atoms with E-state index in [0.29, 0.717) is 19.3 Å². The van der Waals surface area contributed by atoms with Gasteiger partial charge in [-0.05, 0) is 38.5 Å². The van der Waals surface area contributed by atoms with Crippen LogP contribution in [0.3, 0.4) is 0 Å². The maximum atomic E-state index is 12.9. The number of carbonyl (C=O) groups is 1. The highest BCUT2D eigenvalue weighted by Crippen LogP contribution is 2.23. The zero-order valence-electron chi connectivity index (χ0n) is 32.1. The van der Waals surface area contributed by atoms with Crippen molar-refractivity contribution in [3.63, 3.8) is 0 Å². The smallest absolute Gasteiger partial charge is 0.249 e. The van der Waals surface area contributed by atoms with E-state index in [1.54, 1.807) is 0 Å². The van der Waals surface area contributed by atoms with Gasteiger partial charge in [0, 0.05) is 0 Å². The molecule has 0 aromatic rings. The third-order valence-corrected chi connectivity index (χ3v) is 10.1. The van der Waals surface area contributed by atoms with Gasteiger partial charge in [0.25, 0.3) is 0 Å². The number of unbranched alkanes of at least 4 members (excludes halogenated alkanes) is 19. The average molecular weight is 732 g/mol. The van der Waals surface area contributed by atoms with E-state index in [2.05, 4.69) is 31.3 Å². The lowest BCUT2D eigenvalue weighted by molar-refractivity contribution is -0.303. The van der Waals surface area contributed by atoms with Gasteiger partial charge in [-0.25, -0.2) is 0 Å². The number of carbonyl (C=O) groups excluding carboxylic acids is 1. The molecule has 0 aliphatic carbocycles. The molecule has 0 saturated carbocycles. The summed E-state index contributed by atoms with van der Waals surface area (Å²) in [5, 5.41) is 74.6. The Labute approximate surface area is 309 Å². The summed E-state index contributed by atoms with van der Waals surface area (Å²) in [4.78, 5) is 12.9. The molecular weight excluding hydrogens is 654 g/mol. The number of allylic oxidation sites excluding steroid dienone is 2. The van der Waals surface area contributed by atoms with E-state index in [-0.39, 0.29) is 6.42 Å². The lowest BCUT2D eigenvalue weighted by Crippen LogP contribution is -2.60. The number of ether oxygens (including phenoxy) is 2. The zero-order chi connectivity index (χ0) is 37.7. The van der Waals surface area contributed by atoms with Gasteiger partial charge < -0.3 is 50.5 Å². The van der Waals surface area contributed by atoms with E-state index in [1.807, 2.05) is 0 Å². The summed E-state index contributed by atoms with van der Waals surface area (Å²) < 4.78 is 11.0. The summed E-state index contributed by atoms with van der Waals surface area (Å²) in [5.74, 6) is -0.709. The minimum Gasteiger partial charge on any atom is -0.394 e. The highest BCUT2D eigenvalue weighted by atomic mass is 16.7. The summed E-state index contributed by atoms with van der Waals surface area (Å²) in [6, 6.07) is -1.16. The Morgan fingerprint density at radius 2 is 1.14 bits per heavy atom. The van der Waals surface area contributed by atoms with Crippen molar-refractivity contribution >= 4 is 5.91 Å². The maximum absolute atomic E-state index is 12.9. The Hall–Kier alpha value is -1.15. The molecule has 1 saturated heterocycles. The Bertz CT molecular complexity index is 846. The van der Waals surface area contributed by atoms with Gasteiger partial charge in [0.15, 0.2) is 6.29 Å². The van der Waals surface area contributed by atoms with Crippen molar-refractivity contribution in [2.45, 2.75) is 223 Å². The van der Waals surface area contributed by atoms with Gasteiger partial charge >= 0.3 is 0 Å². The molecule has 9 atom stereocenters. The van der Waals surface area contributed by atoms with Gasteiger partial charge in [-0.2, -0.15) is 0 Å². The van der Waals surface area contributed by atoms with E-state index >= 15 is 0 Å². The number of nitrogens with one attached hydrogen (secondary N) is 1. The number of rotatable bonds is 33. The van der Waals surface area contributed by atoms with Crippen LogP contribution in [0, 0.1) is 0 Å². The van der Waals surface area contributed by atoms with E-state index in [0.717, 1.165) is 51.4 Å². The number of amides is 1. The molecule has 0 bridgehead atoms. The van der Waals surface area contributed by atoms with E-state index in [4.69, 9.17) is 9.47 Å². The molecule has 0 spiro atoms. The fourth-order valence-corrected chi connectivity index (χ4v) is 6.55. The molecule has 302 valence electrons. The molecule has 0 radical (unpaired) electrons. The number of hydrogen-bond acceptors (Lipinski definition) is 10. The summed E-state index contributed by atoms with van der Waals surface area (Å²) in [6.07, 6.45) is 19.2. The van der Waals surface area contributed by atoms with Crippen molar-refractivity contribution in [2.75, 3.05) is 13.2 Å². The van der Waals surface area contributed by atoms with Crippen molar-refractivity contribution in [1.29, 1.82) is 0 Å². The number of aliphatic hydroxyl groups excluding tert-OH is 7. The molecule has 9 unspecified atom stereocenters. The molecule has 1 aliphatic heterocycles. The second kappa shape index (κ2) is 31.2. The molecule has 51 heavy (non-hydrogen) atoms. The van der Waals surface area contributed by atoms with Crippen molar-refractivity contribution < 1.29 is 50.0 Å². The van der Waals surface area contributed by atoms with Crippen LogP contribution in [0.4, 0.5) is 0 Å². The first-order chi connectivity index (χ1) is 24.7. The quantitative estimate of drug-likeness (QED) is 0.0324. The molecule has 8 N–H and O–H groups in total. The Kier molecular flexibility index (Phi) is 29.3. The molecule has 11 nitrogen and oxygen atoms in total. The fraction of sp³-hybridized carbons (Fsp3) is 0.925. The standard InChI is InChI=1S/C40H77NO10/c1-3-5-7-9-10-11-12-13-14-15-16-17-18-19-20-21-22-23-24-26-28-33(44)39(49)41-31(35(45)32(43)27-25-8-6-4-2)30-50-40-38(48)37(47)36(46)34(29-42)51-40/h17-18,31-38,40,42-48H,3-16,19-30H2,1-2H3,(H,41,49)/b18-17-. The minimum atomic E-state index is -1.66. The molecule has 1 amide bonds. The third kappa shape index (κ3) is 22.0. The lowest BCUT2D eigenvalue weighted by atomic mass is 9.98. The third-order valence-electron chi connectivity index (χ3n) is 10.1. The van der Waals surface area contributed by atoms with Gasteiger partial charge in [0.2, 0.25) is 5.91 Å². The van der Waals surface area contributed by atoms with Gasteiger partial charge in [0.05, 0.1) is 25.4 Å². The van der Waals surface area contributed by atoms with Gasteiger partial charge in [-0.3, -0.25) is 4.79 Å². The zero-order valence-corrected chi connectivity index (χ0v) is 32.1. The molecule has 1 aliphatic rings. The van der Waals surface area contributed by atoms with Gasteiger partial charge in [0.1, 0.15) is 36.6 Å². The first-order valence-electron chi connectivity index (χ1n) is 20.6. The molecule has 0 aromatic carbocycles.